The van der Waals surface area contributed by atoms with E-state index in [4.69, 9.17) is 0 Å². The SMILES string of the molecule is COC(=O)CCCN1CCNCC1(C)C. The molecule has 0 aromatic rings. The standard InChI is InChI=1S/C11H22N2O2/c1-11(2)9-12-6-8-13(11)7-4-5-10(14)15-3/h12H,4-9H2,1-3H3. The molecule has 0 amide bonds. The van der Waals surface area contributed by atoms with E-state index in [9.17, 15) is 4.79 Å². The number of carbonyl (C=O) groups is 1. The lowest BCUT2D eigenvalue weighted by atomic mass is 10.00. The van der Waals surface area contributed by atoms with Crippen LogP contribution in [0.15, 0.2) is 0 Å². The largest absolute Gasteiger partial charge is 0.469 e. The maximum absolute atomic E-state index is 11.0. The van der Waals surface area contributed by atoms with Gasteiger partial charge in [0.1, 0.15) is 0 Å². The van der Waals surface area contributed by atoms with Crippen LogP contribution >= 0.6 is 0 Å². The van der Waals surface area contributed by atoms with Gasteiger partial charge < -0.3 is 10.1 Å². The van der Waals surface area contributed by atoms with Crippen molar-refractivity contribution in [1.29, 1.82) is 0 Å². The summed E-state index contributed by atoms with van der Waals surface area (Å²) in [5.74, 6) is -0.108. The van der Waals surface area contributed by atoms with Gasteiger partial charge in [-0.3, -0.25) is 9.69 Å². The van der Waals surface area contributed by atoms with Crippen LogP contribution in [0.3, 0.4) is 0 Å². The fraction of sp³-hybridized carbons (Fsp3) is 0.909. The average Bonchev–Trinajstić information content (AvgIpc) is 2.20. The van der Waals surface area contributed by atoms with Crippen LogP contribution in [0.5, 0.6) is 0 Å². The Hall–Kier alpha value is -0.610. The van der Waals surface area contributed by atoms with Gasteiger partial charge in [-0.25, -0.2) is 0 Å². The van der Waals surface area contributed by atoms with Crippen LogP contribution in [0.25, 0.3) is 0 Å². The van der Waals surface area contributed by atoms with E-state index in [0.29, 0.717) is 6.42 Å². The molecule has 0 radical (unpaired) electrons. The fourth-order valence-electron chi connectivity index (χ4n) is 1.95. The lowest BCUT2D eigenvalue weighted by molar-refractivity contribution is -0.140. The summed E-state index contributed by atoms with van der Waals surface area (Å²) in [5.41, 5.74) is 0.203. The number of nitrogens with zero attached hydrogens (tertiary/aromatic N) is 1. The van der Waals surface area contributed by atoms with Crippen LogP contribution in [0.2, 0.25) is 0 Å². The Morgan fingerprint density at radius 2 is 2.27 bits per heavy atom. The summed E-state index contributed by atoms with van der Waals surface area (Å²) >= 11 is 0. The van der Waals surface area contributed by atoms with Crippen molar-refractivity contribution >= 4 is 5.97 Å². The maximum Gasteiger partial charge on any atom is 0.305 e. The number of nitrogens with one attached hydrogen (secondary N) is 1. The van der Waals surface area contributed by atoms with Crippen LogP contribution in [0.1, 0.15) is 26.7 Å². The number of rotatable bonds is 4. The van der Waals surface area contributed by atoms with E-state index in [1.165, 1.54) is 7.11 Å². The Labute approximate surface area is 92.0 Å². The average molecular weight is 214 g/mol. The van der Waals surface area contributed by atoms with Crippen molar-refractivity contribution in [1.82, 2.24) is 10.2 Å². The van der Waals surface area contributed by atoms with Crippen molar-refractivity contribution in [2.24, 2.45) is 0 Å². The predicted molar refractivity (Wildman–Crippen MR) is 59.8 cm³/mol. The summed E-state index contributed by atoms with van der Waals surface area (Å²) in [7, 11) is 1.44. The monoisotopic (exact) mass is 214 g/mol. The molecule has 4 heteroatoms. The van der Waals surface area contributed by atoms with Gasteiger partial charge in [-0.1, -0.05) is 0 Å². The number of ether oxygens (including phenoxy) is 1. The summed E-state index contributed by atoms with van der Waals surface area (Å²) in [6.07, 6.45) is 1.41. The van der Waals surface area contributed by atoms with E-state index < -0.39 is 0 Å². The van der Waals surface area contributed by atoms with Crippen molar-refractivity contribution in [3.8, 4) is 0 Å². The quantitative estimate of drug-likeness (QED) is 0.697. The molecule has 4 nitrogen and oxygen atoms in total. The van der Waals surface area contributed by atoms with Gasteiger partial charge in [-0.15, -0.1) is 0 Å². The van der Waals surface area contributed by atoms with Gasteiger partial charge in [0, 0.05) is 31.6 Å². The smallest absolute Gasteiger partial charge is 0.305 e. The minimum atomic E-state index is -0.108. The van der Waals surface area contributed by atoms with Gasteiger partial charge in [0.05, 0.1) is 7.11 Å². The Balaban J connectivity index is 2.27. The molecule has 88 valence electrons. The highest BCUT2D eigenvalue weighted by Gasteiger charge is 2.28. The van der Waals surface area contributed by atoms with Crippen molar-refractivity contribution < 1.29 is 9.53 Å². The lowest BCUT2D eigenvalue weighted by Gasteiger charge is -2.42. The number of piperazine rings is 1. The zero-order valence-corrected chi connectivity index (χ0v) is 10.0. The van der Waals surface area contributed by atoms with E-state index in [1.54, 1.807) is 0 Å². The van der Waals surface area contributed by atoms with Crippen molar-refractivity contribution in [3.05, 3.63) is 0 Å². The fourth-order valence-corrected chi connectivity index (χ4v) is 1.95. The zero-order valence-electron chi connectivity index (χ0n) is 10.0. The molecular formula is C11H22N2O2. The topological polar surface area (TPSA) is 41.6 Å². The molecule has 1 N–H and O–H groups in total. The molecule has 0 aliphatic carbocycles. The second kappa shape index (κ2) is 5.47. The highest BCUT2D eigenvalue weighted by atomic mass is 16.5. The van der Waals surface area contributed by atoms with Gasteiger partial charge in [0.15, 0.2) is 0 Å². The molecule has 1 aliphatic rings. The molecule has 0 atom stereocenters. The number of esters is 1. The van der Waals surface area contributed by atoms with E-state index in [-0.39, 0.29) is 11.5 Å². The molecule has 15 heavy (non-hydrogen) atoms. The molecular weight excluding hydrogens is 192 g/mol. The van der Waals surface area contributed by atoms with Gasteiger partial charge in [-0.05, 0) is 26.8 Å². The molecule has 1 saturated heterocycles. The Bertz CT molecular complexity index is 217. The third-order valence-corrected chi connectivity index (χ3v) is 3.01. The third kappa shape index (κ3) is 3.80. The van der Waals surface area contributed by atoms with Crippen molar-refractivity contribution in [2.75, 3.05) is 33.3 Å². The number of hydrogen-bond donors (Lipinski definition) is 1. The Morgan fingerprint density at radius 1 is 1.53 bits per heavy atom. The molecule has 0 bridgehead atoms. The molecule has 0 aromatic carbocycles. The lowest BCUT2D eigenvalue weighted by Crippen LogP contribution is -2.57. The second-order valence-electron chi connectivity index (χ2n) is 4.66. The molecule has 0 saturated carbocycles. The summed E-state index contributed by atoms with van der Waals surface area (Å²) < 4.78 is 4.62. The number of hydrogen-bond acceptors (Lipinski definition) is 4. The minimum absolute atomic E-state index is 0.108. The van der Waals surface area contributed by atoms with E-state index in [2.05, 4.69) is 28.8 Å². The summed E-state index contributed by atoms with van der Waals surface area (Å²) in [6, 6.07) is 0. The van der Waals surface area contributed by atoms with Gasteiger partial charge >= 0.3 is 5.97 Å². The zero-order chi connectivity index (χ0) is 11.3. The molecule has 1 heterocycles. The van der Waals surface area contributed by atoms with Gasteiger partial charge in [0.25, 0.3) is 0 Å². The Morgan fingerprint density at radius 3 is 2.87 bits per heavy atom. The van der Waals surface area contributed by atoms with Crippen LogP contribution in [0, 0.1) is 0 Å². The predicted octanol–water partition coefficient (Wildman–Crippen LogP) is 0.623. The van der Waals surface area contributed by atoms with E-state index in [1.807, 2.05) is 0 Å². The van der Waals surface area contributed by atoms with Crippen LogP contribution in [-0.2, 0) is 9.53 Å². The first-order valence-corrected chi connectivity index (χ1v) is 5.59. The van der Waals surface area contributed by atoms with Gasteiger partial charge in [0.2, 0.25) is 0 Å². The molecule has 1 fully saturated rings. The van der Waals surface area contributed by atoms with E-state index >= 15 is 0 Å². The third-order valence-electron chi connectivity index (χ3n) is 3.01. The van der Waals surface area contributed by atoms with Crippen molar-refractivity contribution in [2.45, 2.75) is 32.2 Å². The second-order valence-corrected chi connectivity index (χ2v) is 4.66. The molecule has 1 aliphatic heterocycles. The number of carbonyl (C=O) groups excluding carboxylic acids is 1. The minimum Gasteiger partial charge on any atom is -0.469 e. The Kier molecular flexibility index (Phi) is 4.54. The molecule has 0 spiro atoms. The van der Waals surface area contributed by atoms with E-state index in [0.717, 1.165) is 32.6 Å². The highest BCUT2D eigenvalue weighted by Crippen LogP contribution is 2.16. The van der Waals surface area contributed by atoms with Crippen LogP contribution in [-0.4, -0.2) is 49.7 Å². The summed E-state index contributed by atoms with van der Waals surface area (Å²) in [4.78, 5) is 13.4. The van der Waals surface area contributed by atoms with Crippen LogP contribution < -0.4 is 5.32 Å². The summed E-state index contributed by atoms with van der Waals surface area (Å²) in [6.45, 7) is 8.57. The molecule has 0 unspecified atom stereocenters. The van der Waals surface area contributed by atoms with Crippen molar-refractivity contribution in [3.63, 3.8) is 0 Å². The number of methoxy groups -OCH3 is 1. The van der Waals surface area contributed by atoms with Gasteiger partial charge in [-0.2, -0.15) is 0 Å². The first kappa shape index (κ1) is 12.5. The maximum atomic E-state index is 11.0. The molecule has 0 aromatic heterocycles. The van der Waals surface area contributed by atoms with Crippen LogP contribution in [0.4, 0.5) is 0 Å². The normalized spacial score (nSPS) is 21.3. The first-order valence-electron chi connectivity index (χ1n) is 5.59. The summed E-state index contributed by atoms with van der Waals surface area (Å²) in [5, 5.41) is 3.38. The first-order chi connectivity index (χ1) is 7.06. The molecule has 1 rings (SSSR count). The highest BCUT2D eigenvalue weighted by molar-refractivity contribution is 5.69.